The van der Waals surface area contributed by atoms with Gasteiger partial charge in [-0.05, 0) is 34.6 Å². The van der Waals surface area contributed by atoms with Crippen LogP contribution in [0.5, 0.6) is 0 Å². The van der Waals surface area contributed by atoms with Gasteiger partial charge in [0.05, 0.1) is 11.1 Å². The molecule has 0 spiro atoms. The van der Waals surface area contributed by atoms with Gasteiger partial charge >= 0.3 is 0 Å². The Balaban J connectivity index is 2.50. The summed E-state index contributed by atoms with van der Waals surface area (Å²) < 4.78 is 2.88. The Morgan fingerprint density at radius 1 is 1.47 bits per heavy atom. The van der Waals surface area contributed by atoms with Gasteiger partial charge in [0.1, 0.15) is 5.82 Å². The number of hydrogen-bond donors (Lipinski definition) is 1. The fourth-order valence-electron chi connectivity index (χ4n) is 1.82. The molecule has 0 amide bonds. The maximum Gasteiger partial charge on any atom is 0.130 e. The average Bonchev–Trinajstić information content (AvgIpc) is 2.72. The Bertz CT molecular complexity index is 524. The fourth-order valence-corrected chi connectivity index (χ4v) is 2.44. The first-order chi connectivity index (χ1) is 8.15. The lowest BCUT2D eigenvalue weighted by Gasteiger charge is -2.18. The number of aromatic nitrogens is 2. The minimum atomic E-state index is -0.0139. The molecule has 0 fully saturated rings. The summed E-state index contributed by atoms with van der Waals surface area (Å²) in [5, 5.41) is 3.96. The smallest absolute Gasteiger partial charge is 0.130 e. The zero-order chi connectivity index (χ0) is 12.4. The van der Waals surface area contributed by atoms with Crippen LogP contribution < -0.4 is 5.32 Å². The second kappa shape index (κ2) is 5.21. The van der Waals surface area contributed by atoms with E-state index in [0.717, 1.165) is 20.9 Å². The second-order valence-electron chi connectivity index (χ2n) is 3.76. The maximum atomic E-state index is 6.31. The normalized spacial score (nSPS) is 12.7. The molecular formula is C12H13BrClN3. The van der Waals surface area contributed by atoms with E-state index in [-0.39, 0.29) is 6.04 Å². The van der Waals surface area contributed by atoms with Crippen LogP contribution in [0, 0.1) is 0 Å². The van der Waals surface area contributed by atoms with Gasteiger partial charge in [-0.1, -0.05) is 23.7 Å². The van der Waals surface area contributed by atoms with Crippen LogP contribution >= 0.6 is 27.5 Å². The molecule has 0 bridgehead atoms. The molecule has 1 aromatic heterocycles. The van der Waals surface area contributed by atoms with Gasteiger partial charge in [0.15, 0.2) is 0 Å². The molecule has 17 heavy (non-hydrogen) atoms. The molecule has 0 radical (unpaired) electrons. The first-order valence-corrected chi connectivity index (χ1v) is 6.40. The van der Waals surface area contributed by atoms with E-state index in [1.807, 2.05) is 43.1 Å². The molecular weight excluding hydrogens is 302 g/mol. The van der Waals surface area contributed by atoms with Gasteiger partial charge in [-0.2, -0.15) is 0 Å². The Hall–Kier alpha value is -0.840. The third-order valence-corrected chi connectivity index (χ3v) is 4.01. The third-order valence-electron chi connectivity index (χ3n) is 2.70. The lowest BCUT2D eigenvalue weighted by molar-refractivity contribution is 0.617. The highest BCUT2D eigenvalue weighted by atomic mass is 79.9. The molecule has 2 rings (SSSR count). The molecule has 1 unspecified atom stereocenters. The Morgan fingerprint density at radius 3 is 2.82 bits per heavy atom. The number of nitrogens with one attached hydrogen (secondary N) is 1. The summed E-state index contributed by atoms with van der Waals surface area (Å²) in [6.07, 6.45) is 3.71. The molecule has 1 N–H and O–H groups in total. The van der Waals surface area contributed by atoms with Gasteiger partial charge in [-0.3, -0.25) is 0 Å². The fraction of sp³-hybridized carbons (Fsp3) is 0.250. The molecule has 5 heteroatoms. The van der Waals surface area contributed by atoms with E-state index in [9.17, 15) is 0 Å². The number of halogens is 2. The molecule has 0 aliphatic rings. The van der Waals surface area contributed by atoms with Crippen LogP contribution in [0.3, 0.4) is 0 Å². The summed E-state index contributed by atoms with van der Waals surface area (Å²) >= 11 is 9.75. The van der Waals surface area contributed by atoms with Crippen molar-refractivity contribution < 1.29 is 0 Å². The number of rotatable bonds is 3. The van der Waals surface area contributed by atoms with Crippen molar-refractivity contribution in [3.8, 4) is 0 Å². The van der Waals surface area contributed by atoms with E-state index < -0.39 is 0 Å². The van der Waals surface area contributed by atoms with Crippen LogP contribution in [0.4, 0.5) is 0 Å². The van der Waals surface area contributed by atoms with Crippen LogP contribution in [0.1, 0.15) is 17.4 Å². The summed E-state index contributed by atoms with van der Waals surface area (Å²) in [5.74, 6) is 0.938. The van der Waals surface area contributed by atoms with Gasteiger partial charge in [0.2, 0.25) is 0 Å². The Morgan fingerprint density at radius 2 is 2.24 bits per heavy atom. The highest BCUT2D eigenvalue weighted by molar-refractivity contribution is 9.10. The van der Waals surface area contributed by atoms with Crippen molar-refractivity contribution in [3.63, 3.8) is 0 Å². The van der Waals surface area contributed by atoms with E-state index >= 15 is 0 Å². The number of imidazole rings is 1. The minimum absolute atomic E-state index is 0.0139. The highest BCUT2D eigenvalue weighted by Gasteiger charge is 2.19. The largest absolute Gasteiger partial charge is 0.336 e. The van der Waals surface area contributed by atoms with Gasteiger partial charge in [-0.25, -0.2) is 4.98 Å². The second-order valence-corrected chi connectivity index (χ2v) is 4.99. The molecule has 1 atom stereocenters. The zero-order valence-corrected chi connectivity index (χ0v) is 12.0. The number of benzene rings is 1. The average molecular weight is 315 g/mol. The van der Waals surface area contributed by atoms with Crippen molar-refractivity contribution in [3.05, 3.63) is 51.5 Å². The Kier molecular flexibility index (Phi) is 3.86. The lowest BCUT2D eigenvalue weighted by Crippen LogP contribution is -2.21. The third kappa shape index (κ3) is 2.39. The van der Waals surface area contributed by atoms with Crippen molar-refractivity contribution >= 4 is 27.5 Å². The molecule has 2 aromatic rings. The Labute approximate surface area is 114 Å². The topological polar surface area (TPSA) is 29.9 Å². The SMILES string of the molecule is CNC(c1cccc(Br)c1Cl)c1nccn1C. The number of aryl methyl sites for hydroxylation is 1. The molecule has 0 aliphatic carbocycles. The number of nitrogens with zero attached hydrogens (tertiary/aromatic N) is 2. The van der Waals surface area contributed by atoms with E-state index in [0.29, 0.717) is 0 Å². The van der Waals surface area contributed by atoms with Crippen molar-refractivity contribution in [2.75, 3.05) is 7.05 Å². The first-order valence-electron chi connectivity index (χ1n) is 5.23. The highest BCUT2D eigenvalue weighted by Crippen LogP contribution is 2.32. The van der Waals surface area contributed by atoms with Crippen LogP contribution in [-0.2, 0) is 7.05 Å². The van der Waals surface area contributed by atoms with Gasteiger partial charge < -0.3 is 9.88 Å². The van der Waals surface area contributed by atoms with Gasteiger partial charge in [-0.15, -0.1) is 0 Å². The maximum absolute atomic E-state index is 6.31. The monoisotopic (exact) mass is 313 g/mol. The number of hydrogen-bond acceptors (Lipinski definition) is 2. The summed E-state index contributed by atoms with van der Waals surface area (Å²) in [6, 6.07) is 5.89. The van der Waals surface area contributed by atoms with Gasteiger partial charge in [0, 0.05) is 23.9 Å². The van der Waals surface area contributed by atoms with Crippen molar-refractivity contribution in [1.29, 1.82) is 0 Å². The molecule has 0 saturated carbocycles. The lowest BCUT2D eigenvalue weighted by atomic mass is 10.1. The van der Waals surface area contributed by atoms with Crippen LogP contribution in [0.15, 0.2) is 35.1 Å². The van der Waals surface area contributed by atoms with E-state index in [1.165, 1.54) is 0 Å². The summed E-state index contributed by atoms with van der Waals surface area (Å²) in [6.45, 7) is 0. The summed E-state index contributed by atoms with van der Waals surface area (Å²) in [5.41, 5.74) is 1.01. The molecule has 0 saturated heterocycles. The molecule has 90 valence electrons. The zero-order valence-electron chi connectivity index (χ0n) is 9.61. The predicted octanol–water partition coefficient (Wildman–Crippen LogP) is 3.14. The van der Waals surface area contributed by atoms with Crippen molar-refractivity contribution in [1.82, 2.24) is 14.9 Å². The molecule has 0 aliphatic heterocycles. The van der Waals surface area contributed by atoms with Gasteiger partial charge in [0.25, 0.3) is 0 Å². The molecule has 1 aromatic carbocycles. The molecule has 3 nitrogen and oxygen atoms in total. The van der Waals surface area contributed by atoms with E-state index in [4.69, 9.17) is 11.6 Å². The van der Waals surface area contributed by atoms with Crippen LogP contribution in [0.25, 0.3) is 0 Å². The minimum Gasteiger partial charge on any atom is -0.336 e. The van der Waals surface area contributed by atoms with Crippen LogP contribution in [0.2, 0.25) is 5.02 Å². The first kappa shape index (κ1) is 12.6. The predicted molar refractivity (Wildman–Crippen MR) is 73.3 cm³/mol. The summed E-state index contributed by atoms with van der Waals surface area (Å²) in [7, 11) is 3.87. The standard InChI is InChI=1S/C12H13BrClN3/c1-15-11(12-16-6-7-17(12)2)8-4-3-5-9(13)10(8)14/h3-7,11,15H,1-2H3. The quantitative estimate of drug-likeness (QED) is 0.943. The van der Waals surface area contributed by atoms with E-state index in [1.54, 1.807) is 6.20 Å². The van der Waals surface area contributed by atoms with Crippen molar-refractivity contribution in [2.45, 2.75) is 6.04 Å². The van der Waals surface area contributed by atoms with E-state index in [2.05, 4.69) is 26.2 Å². The van der Waals surface area contributed by atoms with Crippen molar-refractivity contribution in [2.24, 2.45) is 7.05 Å². The molecule has 1 heterocycles. The van der Waals surface area contributed by atoms with Crippen LogP contribution in [-0.4, -0.2) is 16.6 Å². The summed E-state index contributed by atoms with van der Waals surface area (Å²) in [4.78, 5) is 4.36.